The van der Waals surface area contributed by atoms with Gasteiger partial charge in [-0.2, -0.15) is 0 Å². The highest BCUT2D eigenvalue weighted by Gasteiger charge is 2.25. The van der Waals surface area contributed by atoms with E-state index in [0.29, 0.717) is 6.42 Å². The number of piperazine rings is 1. The van der Waals surface area contributed by atoms with Gasteiger partial charge in [0.05, 0.1) is 12.5 Å². The molecule has 1 aliphatic rings. The molecule has 0 N–H and O–H groups in total. The standard InChI is InChI=1S/C25H29N3O/c1-21-9-11-23(12-10-21)24(27-13-5-6-14-27)19-25(29)28-17-15-26(16-18-28)20-22-7-3-2-4-8-22/h2-14,24H,15-20H2,1H3. The van der Waals surface area contributed by atoms with Gasteiger partial charge >= 0.3 is 0 Å². The Labute approximate surface area is 173 Å². The molecule has 4 rings (SSSR count). The van der Waals surface area contributed by atoms with Crippen LogP contribution in [0.4, 0.5) is 0 Å². The fourth-order valence-electron chi connectivity index (χ4n) is 4.03. The molecule has 4 nitrogen and oxygen atoms in total. The van der Waals surface area contributed by atoms with E-state index < -0.39 is 0 Å². The van der Waals surface area contributed by atoms with Crippen molar-refractivity contribution in [2.24, 2.45) is 0 Å². The summed E-state index contributed by atoms with van der Waals surface area (Å²) >= 11 is 0. The molecule has 1 unspecified atom stereocenters. The number of aromatic nitrogens is 1. The summed E-state index contributed by atoms with van der Waals surface area (Å²) in [4.78, 5) is 17.6. The lowest BCUT2D eigenvalue weighted by Gasteiger charge is -2.35. The maximum Gasteiger partial charge on any atom is 0.225 e. The Morgan fingerprint density at radius 2 is 1.52 bits per heavy atom. The number of aryl methyl sites for hydroxylation is 1. The van der Waals surface area contributed by atoms with Gasteiger partial charge in [0.2, 0.25) is 5.91 Å². The zero-order valence-electron chi connectivity index (χ0n) is 17.1. The van der Waals surface area contributed by atoms with Crippen LogP contribution in [0.2, 0.25) is 0 Å². The van der Waals surface area contributed by atoms with Crippen LogP contribution in [0.15, 0.2) is 79.1 Å². The highest BCUT2D eigenvalue weighted by molar-refractivity contribution is 5.77. The zero-order valence-corrected chi connectivity index (χ0v) is 17.1. The molecule has 0 aliphatic carbocycles. The first kappa shape index (κ1) is 19.5. The SMILES string of the molecule is Cc1ccc(C(CC(=O)N2CCN(Cc3ccccc3)CC2)n2cccc2)cc1. The van der Waals surface area contributed by atoms with E-state index in [1.165, 1.54) is 16.7 Å². The zero-order chi connectivity index (χ0) is 20.1. The molecule has 1 fully saturated rings. The minimum absolute atomic E-state index is 0.0421. The Hall–Kier alpha value is -2.85. The van der Waals surface area contributed by atoms with Crippen LogP contribution >= 0.6 is 0 Å². The van der Waals surface area contributed by atoms with Crippen molar-refractivity contribution in [2.45, 2.75) is 25.9 Å². The maximum atomic E-state index is 13.1. The number of amides is 1. The van der Waals surface area contributed by atoms with Gasteiger partial charge in [-0.1, -0.05) is 60.2 Å². The van der Waals surface area contributed by atoms with Crippen molar-refractivity contribution in [3.63, 3.8) is 0 Å². The average molecular weight is 388 g/mol. The normalized spacial score (nSPS) is 16.0. The summed E-state index contributed by atoms with van der Waals surface area (Å²) in [6.45, 7) is 6.52. The predicted molar refractivity (Wildman–Crippen MR) is 117 cm³/mol. The van der Waals surface area contributed by atoms with E-state index in [1.807, 2.05) is 17.0 Å². The van der Waals surface area contributed by atoms with E-state index in [-0.39, 0.29) is 11.9 Å². The molecule has 1 saturated heterocycles. The molecule has 1 amide bonds. The Bertz CT molecular complexity index is 895. The Kier molecular flexibility index (Phi) is 6.11. The van der Waals surface area contributed by atoms with E-state index in [2.05, 4.69) is 83.4 Å². The smallest absolute Gasteiger partial charge is 0.225 e. The molecule has 2 aromatic carbocycles. The first-order valence-corrected chi connectivity index (χ1v) is 10.4. The van der Waals surface area contributed by atoms with Crippen LogP contribution < -0.4 is 0 Å². The van der Waals surface area contributed by atoms with Crippen molar-refractivity contribution in [3.8, 4) is 0 Å². The van der Waals surface area contributed by atoms with Crippen LogP contribution in [-0.2, 0) is 11.3 Å². The van der Waals surface area contributed by atoms with Gasteiger partial charge in [0.25, 0.3) is 0 Å². The van der Waals surface area contributed by atoms with Gasteiger partial charge in [-0.05, 0) is 30.2 Å². The summed E-state index contributed by atoms with van der Waals surface area (Å²) in [7, 11) is 0. The van der Waals surface area contributed by atoms with Gasteiger partial charge in [0.15, 0.2) is 0 Å². The molecular formula is C25H29N3O. The second kappa shape index (κ2) is 9.10. The lowest BCUT2D eigenvalue weighted by Crippen LogP contribution is -2.48. The lowest BCUT2D eigenvalue weighted by atomic mass is 10.0. The van der Waals surface area contributed by atoms with Crippen LogP contribution in [-0.4, -0.2) is 46.5 Å². The second-order valence-corrected chi connectivity index (χ2v) is 7.90. The quantitative estimate of drug-likeness (QED) is 0.636. The van der Waals surface area contributed by atoms with Gasteiger partial charge in [-0.3, -0.25) is 9.69 Å². The van der Waals surface area contributed by atoms with E-state index in [4.69, 9.17) is 0 Å². The second-order valence-electron chi connectivity index (χ2n) is 7.90. The number of nitrogens with zero attached hydrogens (tertiary/aromatic N) is 3. The predicted octanol–water partition coefficient (Wildman–Crippen LogP) is 4.12. The van der Waals surface area contributed by atoms with Gasteiger partial charge in [-0.15, -0.1) is 0 Å². The Morgan fingerprint density at radius 1 is 0.862 bits per heavy atom. The number of carbonyl (C=O) groups excluding carboxylic acids is 1. The molecule has 4 heteroatoms. The van der Waals surface area contributed by atoms with E-state index >= 15 is 0 Å². The number of carbonyl (C=O) groups is 1. The molecule has 0 bridgehead atoms. The van der Waals surface area contributed by atoms with Gasteiger partial charge in [-0.25, -0.2) is 0 Å². The van der Waals surface area contributed by atoms with Gasteiger partial charge < -0.3 is 9.47 Å². The van der Waals surface area contributed by atoms with Crippen LogP contribution in [0.1, 0.15) is 29.2 Å². The molecular weight excluding hydrogens is 358 g/mol. The molecule has 2 heterocycles. The van der Waals surface area contributed by atoms with E-state index in [9.17, 15) is 4.79 Å². The third-order valence-corrected chi connectivity index (χ3v) is 5.79. The average Bonchev–Trinajstić information content (AvgIpc) is 3.28. The van der Waals surface area contributed by atoms with Crippen LogP contribution in [0.25, 0.3) is 0 Å². The molecule has 0 spiro atoms. The largest absolute Gasteiger partial charge is 0.346 e. The summed E-state index contributed by atoms with van der Waals surface area (Å²) < 4.78 is 2.15. The molecule has 1 atom stereocenters. The maximum absolute atomic E-state index is 13.1. The number of hydrogen-bond acceptors (Lipinski definition) is 2. The first-order valence-electron chi connectivity index (χ1n) is 10.4. The van der Waals surface area contributed by atoms with Crippen LogP contribution in [0, 0.1) is 6.92 Å². The van der Waals surface area contributed by atoms with Crippen molar-refractivity contribution in [1.29, 1.82) is 0 Å². The van der Waals surface area contributed by atoms with E-state index in [0.717, 1.165) is 32.7 Å². The summed E-state index contributed by atoms with van der Waals surface area (Å²) in [5, 5.41) is 0. The van der Waals surface area contributed by atoms with Crippen molar-refractivity contribution in [2.75, 3.05) is 26.2 Å². The summed E-state index contributed by atoms with van der Waals surface area (Å²) in [6, 6.07) is 23.2. The third-order valence-electron chi connectivity index (χ3n) is 5.79. The Morgan fingerprint density at radius 3 is 2.17 bits per heavy atom. The molecule has 150 valence electrons. The minimum atomic E-state index is 0.0421. The highest BCUT2D eigenvalue weighted by Crippen LogP contribution is 2.24. The topological polar surface area (TPSA) is 28.5 Å². The number of rotatable bonds is 6. The summed E-state index contributed by atoms with van der Waals surface area (Å²) in [5.74, 6) is 0.239. The summed E-state index contributed by atoms with van der Waals surface area (Å²) in [5.41, 5.74) is 3.75. The van der Waals surface area contributed by atoms with Gasteiger partial charge in [0.1, 0.15) is 0 Å². The fraction of sp³-hybridized carbons (Fsp3) is 0.320. The molecule has 1 aliphatic heterocycles. The third kappa shape index (κ3) is 4.96. The Balaban J connectivity index is 1.38. The van der Waals surface area contributed by atoms with Crippen LogP contribution in [0.3, 0.4) is 0 Å². The van der Waals surface area contributed by atoms with Crippen molar-refractivity contribution < 1.29 is 4.79 Å². The monoisotopic (exact) mass is 387 g/mol. The van der Waals surface area contributed by atoms with Crippen molar-refractivity contribution >= 4 is 5.91 Å². The molecule has 0 radical (unpaired) electrons. The lowest BCUT2D eigenvalue weighted by molar-refractivity contribution is -0.133. The highest BCUT2D eigenvalue weighted by atomic mass is 16.2. The minimum Gasteiger partial charge on any atom is -0.346 e. The molecule has 3 aromatic rings. The molecule has 29 heavy (non-hydrogen) atoms. The van der Waals surface area contributed by atoms with Crippen molar-refractivity contribution in [1.82, 2.24) is 14.4 Å². The molecule has 1 aromatic heterocycles. The van der Waals surface area contributed by atoms with Crippen LogP contribution in [0.5, 0.6) is 0 Å². The fourth-order valence-corrected chi connectivity index (χ4v) is 4.03. The summed E-state index contributed by atoms with van der Waals surface area (Å²) in [6.07, 6.45) is 4.60. The first-order chi connectivity index (χ1) is 14.2. The molecule has 0 saturated carbocycles. The number of hydrogen-bond donors (Lipinski definition) is 0. The van der Waals surface area contributed by atoms with Crippen molar-refractivity contribution in [3.05, 3.63) is 95.8 Å². The van der Waals surface area contributed by atoms with E-state index in [1.54, 1.807) is 0 Å². The van der Waals surface area contributed by atoms with Gasteiger partial charge in [0, 0.05) is 45.1 Å². The number of benzene rings is 2.